The van der Waals surface area contributed by atoms with Crippen molar-refractivity contribution in [3.05, 3.63) is 67.0 Å². The molecule has 0 saturated heterocycles. The summed E-state index contributed by atoms with van der Waals surface area (Å²) >= 11 is 0. The van der Waals surface area contributed by atoms with Gasteiger partial charge in [0.25, 0.3) is 0 Å². The van der Waals surface area contributed by atoms with E-state index in [4.69, 9.17) is 4.98 Å². The minimum absolute atomic E-state index is 1.01. The second kappa shape index (κ2) is 9.35. The van der Waals surface area contributed by atoms with Crippen molar-refractivity contribution in [1.82, 2.24) is 14.5 Å². The van der Waals surface area contributed by atoms with Gasteiger partial charge in [-0.25, -0.2) is 4.98 Å². The topological polar surface area (TPSA) is 21.1 Å². The van der Waals surface area contributed by atoms with Crippen molar-refractivity contribution in [3.8, 4) is 22.5 Å². The van der Waals surface area contributed by atoms with E-state index < -0.39 is 0 Å². The van der Waals surface area contributed by atoms with Crippen LogP contribution in [-0.4, -0.2) is 34.1 Å². The fourth-order valence-corrected chi connectivity index (χ4v) is 3.42. The van der Waals surface area contributed by atoms with Gasteiger partial charge >= 0.3 is 0 Å². The van der Waals surface area contributed by atoms with Crippen LogP contribution in [-0.2, 0) is 6.54 Å². The van der Waals surface area contributed by atoms with E-state index in [1.54, 1.807) is 0 Å². The summed E-state index contributed by atoms with van der Waals surface area (Å²) in [6.07, 6.45) is 4.39. The van der Waals surface area contributed by atoms with Crippen molar-refractivity contribution in [1.29, 1.82) is 0 Å². The third kappa shape index (κ3) is 4.41. The Balaban J connectivity index is 1.81. The number of hydrogen-bond donors (Lipinski definition) is 0. The van der Waals surface area contributed by atoms with E-state index in [2.05, 4.69) is 84.0 Å². The Kier molecular flexibility index (Phi) is 6.62. The molecule has 0 aliphatic carbocycles. The molecule has 26 heavy (non-hydrogen) atoms. The van der Waals surface area contributed by atoms with Crippen LogP contribution in [0, 0.1) is 0 Å². The molecule has 2 aromatic carbocycles. The smallest absolute Gasteiger partial charge is 0.0963 e. The molecule has 0 aliphatic heterocycles. The Hall–Kier alpha value is -2.39. The summed E-state index contributed by atoms with van der Waals surface area (Å²) in [7, 11) is 0. The number of benzene rings is 2. The Morgan fingerprint density at radius 1 is 0.808 bits per heavy atom. The number of aromatic nitrogens is 2. The second-order valence-corrected chi connectivity index (χ2v) is 6.60. The van der Waals surface area contributed by atoms with Gasteiger partial charge in [-0.3, -0.25) is 0 Å². The van der Waals surface area contributed by atoms with E-state index in [1.807, 2.05) is 6.33 Å². The number of imidazole rings is 1. The normalized spacial score (nSPS) is 11.2. The highest BCUT2D eigenvalue weighted by Gasteiger charge is 2.14. The van der Waals surface area contributed by atoms with Gasteiger partial charge in [-0.15, -0.1) is 0 Å². The lowest BCUT2D eigenvalue weighted by Crippen LogP contribution is -2.24. The van der Waals surface area contributed by atoms with Gasteiger partial charge < -0.3 is 9.47 Å². The Morgan fingerprint density at radius 2 is 1.42 bits per heavy atom. The second-order valence-electron chi connectivity index (χ2n) is 6.60. The summed E-state index contributed by atoms with van der Waals surface area (Å²) in [5, 5.41) is 0. The summed E-state index contributed by atoms with van der Waals surface area (Å²) in [6.45, 7) is 8.92. The first-order valence-electron chi connectivity index (χ1n) is 9.71. The third-order valence-electron chi connectivity index (χ3n) is 4.95. The minimum Gasteiger partial charge on any atom is -0.330 e. The Morgan fingerprint density at radius 3 is 2.04 bits per heavy atom. The van der Waals surface area contributed by atoms with Gasteiger partial charge in [-0.1, -0.05) is 74.5 Å². The monoisotopic (exact) mass is 347 g/mol. The van der Waals surface area contributed by atoms with Crippen molar-refractivity contribution in [2.75, 3.05) is 19.6 Å². The van der Waals surface area contributed by atoms with E-state index >= 15 is 0 Å². The first kappa shape index (κ1) is 18.4. The zero-order valence-corrected chi connectivity index (χ0v) is 15.9. The summed E-state index contributed by atoms with van der Waals surface area (Å²) in [5.41, 5.74) is 4.70. The maximum absolute atomic E-state index is 4.76. The van der Waals surface area contributed by atoms with Crippen molar-refractivity contribution < 1.29 is 0 Å². The van der Waals surface area contributed by atoms with Crippen LogP contribution in [0.2, 0.25) is 0 Å². The average Bonchev–Trinajstić information content (AvgIpc) is 3.13. The molecule has 1 aromatic heterocycles. The van der Waals surface area contributed by atoms with Crippen molar-refractivity contribution in [2.24, 2.45) is 0 Å². The molecule has 0 spiro atoms. The molecule has 3 rings (SSSR count). The first-order valence-corrected chi connectivity index (χ1v) is 9.71. The Bertz CT molecular complexity index is 774. The molecule has 0 aliphatic rings. The molecule has 136 valence electrons. The lowest BCUT2D eigenvalue weighted by Gasteiger charge is -2.18. The summed E-state index contributed by atoms with van der Waals surface area (Å²) in [5.74, 6) is 0. The first-order chi connectivity index (χ1) is 12.8. The SMILES string of the molecule is CCN(CC)CCCCn1cnc(-c2ccccc2)c1-c1ccccc1. The number of rotatable bonds is 9. The van der Waals surface area contributed by atoms with Crippen LogP contribution in [0.3, 0.4) is 0 Å². The van der Waals surface area contributed by atoms with Crippen molar-refractivity contribution >= 4 is 0 Å². The molecule has 0 N–H and O–H groups in total. The summed E-state index contributed by atoms with van der Waals surface area (Å²) in [4.78, 5) is 7.25. The number of nitrogens with zero attached hydrogens (tertiary/aromatic N) is 3. The Labute approximate surface area is 157 Å². The quantitative estimate of drug-likeness (QED) is 0.487. The molecule has 3 aromatic rings. The van der Waals surface area contributed by atoms with Crippen LogP contribution in [0.4, 0.5) is 0 Å². The highest BCUT2D eigenvalue weighted by Crippen LogP contribution is 2.31. The maximum Gasteiger partial charge on any atom is 0.0963 e. The third-order valence-corrected chi connectivity index (χ3v) is 4.95. The van der Waals surface area contributed by atoms with Crippen LogP contribution in [0.15, 0.2) is 67.0 Å². The maximum atomic E-state index is 4.76. The average molecular weight is 348 g/mol. The molecule has 0 radical (unpaired) electrons. The molecule has 1 heterocycles. The van der Waals surface area contributed by atoms with Gasteiger partial charge in [0.2, 0.25) is 0 Å². The van der Waals surface area contributed by atoms with E-state index in [9.17, 15) is 0 Å². The molecular weight excluding hydrogens is 318 g/mol. The molecule has 0 atom stereocenters. The van der Waals surface area contributed by atoms with E-state index in [0.29, 0.717) is 0 Å². The summed E-state index contributed by atoms with van der Waals surface area (Å²) < 4.78 is 2.32. The van der Waals surface area contributed by atoms with Crippen LogP contribution in [0.1, 0.15) is 26.7 Å². The molecule has 0 fully saturated rings. The predicted molar refractivity (Wildman–Crippen MR) is 110 cm³/mol. The fraction of sp³-hybridized carbons (Fsp3) is 0.348. The predicted octanol–water partition coefficient (Wildman–Crippen LogP) is 5.34. The molecule has 0 unspecified atom stereocenters. The van der Waals surface area contributed by atoms with Crippen LogP contribution in [0.25, 0.3) is 22.5 Å². The zero-order chi connectivity index (χ0) is 18.2. The van der Waals surface area contributed by atoms with Gasteiger partial charge in [0, 0.05) is 17.7 Å². The van der Waals surface area contributed by atoms with Gasteiger partial charge in [0.15, 0.2) is 0 Å². The van der Waals surface area contributed by atoms with Crippen molar-refractivity contribution in [2.45, 2.75) is 33.2 Å². The number of unbranched alkanes of at least 4 members (excludes halogenated alkanes) is 1. The number of hydrogen-bond acceptors (Lipinski definition) is 2. The van der Waals surface area contributed by atoms with E-state index in [1.165, 1.54) is 36.2 Å². The largest absolute Gasteiger partial charge is 0.330 e. The molecule has 0 bridgehead atoms. The molecule has 0 saturated carbocycles. The molecule has 0 amide bonds. The standard InChI is InChI=1S/C23H29N3/c1-3-25(4-2)17-11-12-18-26-19-24-22(20-13-7-5-8-14-20)23(26)21-15-9-6-10-16-21/h5-10,13-16,19H,3-4,11-12,17-18H2,1-2H3. The lowest BCUT2D eigenvalue weighted by atomic mass is 10.0. The van der Waals surface area contributed by atoms with Crippen LogP contribution in [0.5, 0.6) is 0 Å². The molecule has 3 heteroatoms. The highest BCUT2D eigenvalue weighted by molar-refractivity contribution is 5.78. The van der Waals surface area contributed by atoms with Gasteiger partial charge in [-0.05, 0) is 32.5 Å². The minimum atomic E-state index is 1.01. The van der Waals surface area contributed by atoms with Gasteiger partial charge in [-0.2, -0.15) is 0 Å². The fourth-order valence-electron chi connectivity index (χ4n) is 3.42. The van der Waals surface area contributed by atoms with E-state index in [0.717, 1.165) is 25.3 Å². The lowest BCUT2D eigenvalue weighted by molar-refractivity contribution is 0.294. The van der Waals surface area contributed by atoms with Crippen LogP contribution < -0.4 is 0 Å². The van der Waals surface area contributed by atoms with Gasteiger partial charge in [0.05, 0.1) is 17.7 Å². The highest BCUT2D eigenvalue weighted by atomic mass is 15.1. The summed E-state index contributed by atoms with van der Waals surface area (Å²) in [6, 6.07) is 21.1. The molecular formula is C23H29N3. The van der Waals surface area contributed by atoms with Gasteiger partial charge in [0.1, 0.15) is 0 Å². The van der Waals surface area contributed by atoms with Crippen LogP contribution >= 0.6 is 0 Å². The van der Waals surface area contributed by atoms with Crippen molar-refractivity contribution in [3.63, 3.8) is 0 Å². The number of aryl methyl sites for hydroxylation is 1. The molecule has 3 nitrogen and oxygen atoms in total. The van der Waals surface area contributed by atoms with E-state index in [-0.39, 0.29) is 0 Å². The zero-order valence-electron chi connectivity index (χ0n) is 15.9.